The van der Waals surface area contributed by atoms with E-state index in [9.17, 15) is 9.59 Å². The standard InChI is InChI=1S/C23H20N2O5S/c1-13-10-21(26)30-20-11-17(8-9-18(13)20)29-14(2)22(27)25-23-24-19(12-31-23)15-4-6-16(28-3)7-5-15/h4-12,14H,1-3H3,(H,24,25,27). The van der Waals surface area contributed by atoms with Gasteiger partial charge < -0.3 is 13.9 Å². The Morgan fingerprint density at radius 3 is 2.61 bits per heavy atom. The fourth-order valence-corrected chi connectivity index (χ4v) is 3.79. The molecule has 0 spiro atoms. The second kappa shape index (κ2) is 8.61. The van der Waals surface area contributed by atoms with E-state index < -0.39 is 11.7 Å². The lowest BCUT2D eigenvalue weighted by Gasteiger charge is -2.14. The van der Waals surface area contributed by atoms with Crippen molar-refractivity contribution < 1.29 is 18.7 Å². The second-order valence-corrected chi connectivity index (χ2v) is 7.78. The van der Waals surface area contributed by atoms with Crippen LogP contribution in [0.15, 0.2) is 63.1 Å². The van der Waals surface area contributed by atoms with E-state index in [0.29, 0.717) is 16.5 Å². The number of amides is 1. The molecule has 31 heavy (non-hydrogen) atoms. The van der Waals surface area contributed by atoms with Crippen molar-refractivity contribution in [2.75, 3.05) is 12.4 Å². The Labute approximate surface area is 182 Å². The maximum atomic E-state index is 12.6. The van der Waals surface area contributed by atoms with Gasteiger partial charge in [-0.1, -0.05) is 0 Å². The van der Waals surface area contributed by atoms with Gasteiger partial charge in [0.05, 0.1) is 12.8 Å². The van der Waals surface area contributed by atoms with Gasteiger partial charge in [-0.25, -0.2) is 9.78 Å². The average molecular weight is 436 g/mol. The third-order valence-electron chi connectivity index (χ3n) is 4.73. The molecule has 1 atom stereocenters. The molecule has 0 aliphatic carbocycles. The summed E-state index contributed by atoms with van der Waals surface area (Å²) in [5.41, 5.74) is 2.50. The molecule has 0 fully saturated rings. The van der Waals surface area contributed by atoms with Crippen LogP contribution in [0.4, 0.5) is 5.13 Å². The van der Waals surface area contributed by atoms with Crippen LogP contribution in [0.3, 0.4) is 0 Å². The number of carbonyl (C=O) groups is 1. The van der Waals surface area contributed by atoms with Gasteiger partial charge in [0, 0.05) is 28.5 Å². The summed E-state index contributed by atoms with van der Waals surface area (Å²) in [6.45, 7) is 3.48. The smallest absolute Gasteiger partial charge is 0.336 e. The van der Waals surface area contributed by atoms with E-state index in [1.807, 2.05) is 36.6 Å². The third kappa shape index (κ3) is 4.59. The summed E-state index contributed by atoms with van der Waals surface area (Å²) in [4.78, 5) is 28.6. The Morgan fingerprint density at radius 1 is 1.13 bits per heavy atom. The highest BCUT2D eigenvalue weighted by Crippen LogP contribution is 2.27. The van der Waals surface area contributed by atoms with E-state index in [4.69, 9.17) is 13.9 Å². The Morgan fingerprint density at radius 2 is 1.87 bits per heavy atom. The average Bonchev–Trinajstić information content (AvgIpc) is 3.21. The highest BCUT2D eigenvalue weighted by atomic mass is 32.1. The zero-order valence-corrected chi connectivity index (χ0v) is 18.0. The first-order valence-corrected chi connectivity index (χ1v) is 10.4. The quantitative estimate of drug-likeness (QED) is 0.443. The molecule has 0 aliphatic rings. The molecule has 0 saturated carbocycles. The number of rotatable bonds is 6. The number of hydrogen-bond donors (Lipinski definition) is 1. The molecule has 0 bridgehead atoms. The van der Waals surface area contributed by atoms with Crippen LogP contribution in [-0.2, 0) is 4.79 Å². The van der Waals surface area contributed by atoms with Gasteiger partial charge in [-0.2, -0.15) is 0 Å². The zero-order chi connectivity index (χ0) is 22.0. The monoisotopic (exact) mass is 436 g/mol. The summed E-state index contributed by atoms with van der Waals surface area (Å²) in [5.74, 6) is 0.866. The molecule has 4 aromatic rings. The number of carbonyl (C=O) groups excluding carboxylic acids is 1. The van der Waals surface area contributed by atoms with Gasteiger partial charge in [0.25, 0.3) is 5.91 Å². The molecule has 2 heterocycles. The number of fused-ring (bicyclic) bond motifs is 1. The molecule has 0 aliphatic heterocycles. The Kier molecular flexibility index (Phi) is 5.73. The predicted molar refractivity (Wildman–Crippen MR) is 120 cm³/mol. The van der Waals surface area contributed by atoms with Crippen LogP contribution in [0.25, 0.3) is 22.2 Å². The van der Waals surface area contributed by atoms with Crippen LogP contribution in [0, 0.1) is 6.92 Å². The number of benzene rings is 2. The van der Waals surface area contributed by atoms with E-state index in [1.165, 1.54) is 17.4 Å². The molecule has 7 nitrogen and oxygen atoms in total. The molecule has 1 amide bonds. The van der Waals surface area contributed by atoms with E-state index in [-0.39, 0.29) is 5.91 Å². The first-order valence-electron chi connectivity index (χ1n) is 9.55. The maximum absolute atomic E-state index is 12.6. The highest BCUT2D eigenvalue weighted by Gasteiger charge is 2.17. The van der Waals surface area contributed by atoms with Crippen molar-refractivity contribution >= 4 is 33.3 Å². The molecule has 0 radical (unpaired) electrons. The minimum atomic E-state index is -0.776. The van der Waals surface area contributed by atoms with Crippen molar-refractivity contribution in [3.63, 3.8) is 0 Å². The van der Waals surface area contributed by atoms with Crippen LogP contribution < -0.4 is 20.4 Å². The van der Waals surface area contributed by atoms with Gasteiger partial charge in [0.2, 0.25) is 0 Å². The minimum Gasteiger partial charge on any atom is -0.497 e. The lowest BCUT2D eigenvalue weighted by Crippen LogP contribution is -2.30. The summed E-state index contributed by atoms with van der Waals surface area (Å²) < 4.78 is 16.1. The largest absolute Gasteiger partial charge is 0.497 e. The van der Waals surface area contributed by atoms with Crippen molar-refractivity contribution in [3.8, 4) is 22.8 Å². The van der Waals surface area contributed by atoms with Gasteiger partial charge >= 0.3 is 5.63 Å². The summed E-state index contributed by atoms with van der Waals surface area (Å²) in [5, 5.41) is 5.94. The topological polar surface area (TPSA) is 90.7 Å². The van der Waals surface area contributed by atoms with Gasteiger partial charge in [0.15, 0.2) is 11.2 Å². The first kappa shape index (κ1) is 20.6. The fourth-order valence-electron chi connectivity index (χ4n) is 3.07. The van der Waals surface area contributed by atoms with Gasteiger partial charge in [-0.3, -0.25) is 10.1 Å². The number of ether oxygens (including phenoxy) is 2. The number of thiazole rings is 1. The van der Waals surface area contributed by atoms with Crippen molar-refractivity contribution in [2.24, 2.45) is 0 Å². The molecular weight excluding hydrogens is 416 g/mol. The molecule has 158 valence electrons. The molecule has 1 N–H and O–H groups in total. The molecule has 1 unspecified atom stereocenters. The van der Waals surface area contributed by atoms with E-state index in [0.717, 1.165) is 28.0 Å². The first-order chi connectivity index (χ1) is 14.9. The summed E-state index contributed by atoms with van der Waals surface area (Å²) in [6.07, 6.45) is -0.776. The zero-order valence-electron chi connectivity index (χ0n) is 17.2. The maximum Gasteiger partial charge on any atom is 0.336 e. The second-order valence-electron chi connectivity index (χ2n) is 6.92. The van der Waals surface area contributed by atoms with Gasteiger partial charge in [-0.05, 0) is 55.8 Å². The van der Waals surface area contributed by atoms with E-state index in [2.05, 4.69) is 10.3 Å². The van der Waals surface area contributed by atoms with E-state index >= 15 is 0 Å². The SMILES string of the molecule is COc1ccc(-c2csc(NC(=O)C(C)Oc3ccc4c(C)cc(=O)oc4c3)n2)cc1. The Bertz CT molecular complexity index is 1290. The number of hydrogen-bond acceptors (Lipinski definition) is 7. The van der Waals surface area contributed by atoms with Crippen LogP contribution in [-0.4, -0.2) is 24.1 Å². The number of aryl methyl sites for hydroxylation is 1. The van der Waals surface area contributed by atoms with Gasteiger partial charge in [-0.15, -0.1) is 11.3 Å². The Hall–Kier alpha value is -3.65. The third-order valence-corrected chi connectivity index (χ3v) is 5.48. The highest BCUT2D eigenvalue weighted by molar-refractivity contribution is 7.14. The van der Waals surface area contributed by atoms with Crippen molar-refractivity contribution in [2.45, 2.75) is 20.0 Å². The number of nitrogens with zero attached hydrogens (tertiary/aromatic N) is 1. The lowest BCUT2D eigenvalue weighted by molar-refractivity contribution is -0.122. The van der Waals surface area contributed by atoms with Crippen LogP contribution in [0.1, 0.15) is 12.5 Å². The van der Waals surface area contributed by atoms with Crippen molar-refractivity contribution in [1.29, 1.82) is 0 Å². The van der Waals surface area contributed by atoms with Crippen molar-refractivity contribution in [1.82, 2.24) is 4.98 Å². The number of aromatic nitrogens is 1. The predicted octanol–water partition coefficient (Wildman–Crippen LogP) is 4.64. The van der Waals surface area contributed by atoms with Gasteiger partial charge in [0.1, 0.15) is 17.1 Å². The Balaban J connectivity index is 1.43. The van der Waals surface area contributed by atoms with E-state index in [1.54, 1.807) is 32.2 Å². The fraction of sp³-hybridized carbons (Fsp3) is 0.174. The molecule has 8 heteroatoms. The molecular formula is C23H20N2O5S. The van der Waals surface area contributed by atoms with Crippen molar-refractivity contribution in [3.05, 3.63) is 69.9 Å². The normalized spacial score (nSPS) is 11.8. The lowest BCUT2D eigenvalue weighted by atomic mass is 10.1. The molecule has 0 saturated heterocycles. The summed E-state index contributed by atoms with van der Waals surface area (Å²) in [6, 6.07) is 14.1. The molecule has 2 aromatic carbocycles. The summed E-state index contributed by atoms with van der Waals surface area (Å²) in [7, 11) is 1.61. The minimum absolute atomic E-state index is 0.332. The summed E-state index contributed by atoms with van der Waals surface area (Å²) >= 11 is 1.33. The molecule has 4 rings (SSSR count). The number of methoxy groups -OCH3 is 1. The van der Waals surface area contributed by atoms with Crippen LogP contribution >= 0.6 is 11.3 Å². The van der Waals surface area contributed by atoms with Crippen LogP contribution in [0.2, 0.25) is 0 Å². The number of nitrogens with one attached hydrogen (secondary N) is 1. The number of anilines is 1. The van der Waals surface area contributed by atoms with Crippen LogP contribution in [0.5, 0.6) is 11.5 Å². The molecule has 2 aromatic heterocycles.